The lowest BCUT2D eigenvalue weighted by Crippen LogP contribution is -2.65. The minimum absolute atomic E-state index is 0.232. The van der Waals surface area contributed by atoms with Gasteiger partial charge in [-0.1, -0.05) is 0 Å². The quantitative estimate of drug-likeness (QED) is 0.736. The molecule has 3 aliphatic rings. The Hall–Kier alpha value is -2.00. The summed E-state index contributed by atoms with van der Waals surface area (Å²) >= 11 is 0. The standard InChI is InChI=1S/C17H22F2N3O4/c1-24-22(23)14-6-12-8-17(10-20(11-17)9-16(18)19)26-15(12)7-13(14)21-2-4-25-5-3-21/h6-7,16H,2-5,8-11H2,1H3/q+1. The molecule has 0 aliphatic carbocycles. The predicted octanol–water partition coefficient (Wildman–Crippen LogP) is 1.75. The molecule has 0 atom stereocenters. The van der Waals surface area contributed by atoms with Crippen LogP contribution in [0.15, 0.2) is 12.1 Å². The number of fused-ring (bicyclic) bond motifs is 1. The van der Waals surface area contributed by atoms with Crippen LogP contribution in [0.4, 0.5) is 20.2 Å². The molecule has 0 bridgehead atoms. The SMILES string of the molecule is CO[N+](=O)c1cc2c(cc1N1CCOCC1)OC1(C2)CN(CC(F)F)C1. The third kappa shape index (κ3) is 3.09. The summed E-state index contributed by atoms with van der Waals surface area (Å²) in [5, 5.41) is 0. The molecule has 0 radical (unpaired) electrons. The van der Waals surface area contributed by atoms with Crippen LogP contribution in [0.5, 0.6) is 5.75 Å². The van der Waals surface area contributed by atoms with E-state index in [4.69, 9.17) is 14.3 Å². The number of benzene rings is 1. The molecule has 1 aromatic carbocycles. The summed E-state index contributed by atoms with van der Waals surface area (Å²) in [5.41, 5.74) is 1.62. The molecule has 0 aromatic heterocycles. The number of halogens is 2. The lowest BCUT2D eigenvalue weighted by molar-refractivity contribution is -0.736. The lowest BCUT2D eigenvalue weighted by atomic mass is 9.89. The zero-order chi connectivity index (χ0) is 18.3. The van der Waals surface area contributed by atoms with Crippen LogP contribution in [0.1, 0.15) is 5.56 Å². The maximum Gasteiger partial charge on any atom is 0.340 e. The highest BCUT2D eigenvalue weighted by Crippen LogP contribution is 2.45. The number of ether oxygens (including phenoxy) is 2. The summed E-state index contributed by atoms with van der Waals surface area (Å²) in [6, 6.07) is 3.66. The maximum absolute atomic E-state index is 12.5. The van der Waals surface area contributed by atoms with Gasteiger partial charge in [0, 0.05) is 50.3 Å². The highest BCUT2D eigenvalue weighted by atomic mass is 19.3. The topological polar surface area (TPSA) is 54.3 Å². The smallest absolute Gasteiger partial charge is 0.340 e. The van der Waals surface area contributed by atoms with Gasteiger partial charge in [0.25, 0.3) is 11.3 Å². The zero-order valence-corrected chi connectivity index (χ0v) is 14.6. The second-order valence-electron chi connectivity index (χ2n) is 7.01. The molecule has 1 aromatic rings. The van der Waals surface area contributed by atoms with E-state index in [9.17, 15) is 13.7 Å². The summed E-state index contributed by atoms with van der Waals surface area (Å²) in [6.07, 6.45) is -1.73. The Morgan fingerprint density at radius 3 is 2.69 bits per heavy atom. The molecular formula is C17H22F2N3O4+. The third-order valence-electron chi connectivity index (χ3n) is 5.13. The molecule has 3 heterocycles. The molecule has 7 nitrogen and oxygen atoms in total. The number of alkyl halides is 2. The normalized spacial score (nSPS) is 21.5. The van der Waals surface area contributed by atoms with E-state index in [-0.39, 0.29) is 6.54 Å². The van der Waals surface area contributed by atoms with Crippen molar-refractivity contribution in [3.05, 3.63) is 22.6 Å². The number of likely N-dealkylation sites (tertiary alicyclic amines) is 1. The number of anilines is 1. The molecule has 0 saturated carbocycles. The summed E-state index contributed by atoms with van der Waals surface area (Å²) in [5.74, 6) is 0.719. The van der Waals surface area contributed by atoms with Crippen LogP contribution < -0.4 is 9.64 Å². The monoisotopic (exact) mass is 370 g/mol. The molecule has 0 N–H and O–H groups in total. The van der Waals surface area contributed by atoms with Gasteiger partial charge in [-0.25, -0.2) is 13.6 Å². The highest BCUT2D eigenvalue weighted by Gasteiger charge is 2.50. The summed E-state index contributed by atoms with van der Waals surface area (Å²) in [7, 11) is 1.33. The summed E-state index contributed by atoms with van der Waals surface area (Å²) in [4.78, 5) is 21.3. The first-order valence-corrected chi connectivity index (χ1v) is 8.70. The fourth-order valence-corrected chi connectivity index (χ4v) is 4.02. The van der Waals surface area contributed by atoms with Crippen LogP contribution in [0.2, 0.25) is 0 Å². The molecule has 0 unspecified atom stereocenters. The molecule has 26 heavy (non-hydrogen) atoms. The minimum atomic E-state index is -2.34. The van der Waals surface area contributed by atoms with Gasteiger partial charge in [-0.2, -0.15) is 0 Å². The second-order valence-corrected chi connectivity index (χ2v) is 7.01. The van der Waals surface area contributed by atoms with Crippen molar-refractivity contribution in [1.29, 1.82) is 0 Å². The predicted molar refractivity (Wildman–Crippen MR) is 89.3 cm³/mol. The van der Waals surface area contributed by atoms with Crippen LogP contribution >= 0.6 is 0 Å². The van der Waals surface area contributed by atoms with Crippen molar-refractivity contribution >= 4 is 11.4 Å². The van der Waals surface area contributed by atoms with E-state index in [1.807, 2.05) is 6.07 Å². The summed E-state index contributed by atoms with van der Waals surface area (Å²) < 4.78 is 36.6. The van der Waals surface area contributed by atoms with E-state index < -0.39 is 12.0 Å². The van der Waals surface area contributed by atoms with E-state index in [0.717, 1.165) is 17.0 Å². The number of morpholine rings is 1. The first-order valence-electron chi connectivity index (χ1n) is 8.70. The van der Waals surface area contributed by atoms with E-state index in [1.54, 1.807) is 11.0 Å². The molecule has 0 amide bonds. The van der Waals surface area contributed by atoms with Gasteiger partial charge in [-0.3, -0.25) is 4.90 Å². The Bertz CT molecular complexity index is 703. The third-order valence-corrected chi connectivity index (χ3v) is 5.13. The maximum atomic E-state index is 12.5. The fraction of sp³-hybridized carbons (Fsp3) is 0.647. The van der Waals surface area contributed by atoms with Gasteiger partial charge in [0.1, 0.15) is 17.0 Å². The summed E-state index contributed by atoms with van der Waals surface area (Å²) in [6.45, 7) is 3.25. The average molecular weight is 370 g/mol. The van der Waals surface area contributed by atoms with Crippen molar-refractivity contribution in [3.8, 4) is 5.75 Å². The molecule has 2 saturated heterocycles. The zero-order valence-electron chi connectivity index (χ0n) is 14.6. The van der Waals surface area contributed by atoms with E-state index in [2.05, 4.69) is 4.90 Å². The van der Waals surface area contributed by atoms with Gasteiger partial charge in [-0.05, 0) is 0 Å². The fourth-order valence-electron chi connectivity index (χ4n) is 4.02. The molecule has 9 heteroatoms. The van der Waals surface area contributed by atoms with Gasteiger partial charge >= 0.3 is 5.69 Å². The van der Waals surface area contributed by atoms with Crippen LogP contribution in [0.25, 0.3) is 0 Å². The lowest BCUT2D eigenvalue weighted by Gasteiger charge is -2.46. The first kappa shape index (κ1) is 17.4. The van der Waals surface area contributed by atoms with E-state index in [1.165, 1.54) is 7.11 Å². The van der Waals surface area contributed by atoms with E-state index >= 15 is 0 Å². The highest BCUT2D eigenvalue weighted by molar-refractivity contribution is 5.69. The first-order chi connectivity index (χ1) is 12.5. The molecule has 3 aliphatic heterocycles. The van der Waals surface area contributed by atoms with Crippen LogP contribution in [-0.2, 0) is 16.0 Å². The van der Waals surface area contributed by atoms with Gasteiger partial charge in [-0.15, -0.1) is 0 Å². The van der Waals surface area contributed by atoms with Crippen molar-refractivity contribution in [3.63, 3.8) is 0 Å². The van der Waals surface area contributed by atoms with E-state index in [0.29, 0.717) is 56.4 Å². The van der Waals surface area contributed by atoms with Gasteiger partial charge in [0.2, 0.25) is 0 Å². The molecule has 2 fully saturated rings. The van der Waals surface area contributed by atoms with Crippen molar-refractivity contribution in [2.24, 2.45) is 0 Å². The van der Waals surface area contributed by atoms with Gasteiger partial charge < -0.3 is 14.4 Å². The molecule has 1 spiro atoms. The number of nitrogens with zero attached hydrogens (tertiary/aromatic N) is 3. The largest absolute Gasteiger partial charge is 0.484 e. The van der Waals surface area contributed by atoms with Crippen LogP contribution in [0.3, 0.4) is 0 Å². The number of hydrogen-bond donors (Lipinski definition) is 0. The Balaban J connectivity index is 1.58. The van der Waals surface area contributed by atoms with Crippen molar-refractivity contribution in [2.75, 3.05) is 57.9 Å². The Labute approximate surface area is 149 Å². The molecular weight excluding hydrogens is 348 g/mol. The second kappa shape index (κ2) is 6.62. The van der Waals surface area contributed by atoms with Gasteiger partial charge in [0.15, 0.2) is 7.11 Å². The Kier molecular flexibility index (Phi) is 4.44. The number of hydrogen-bond acceptors (Lipinski definition) is 6. The van der Waals surface area contributed by atoms with Crippen LogP contribution in [0, 0.1) is 4.91 Å². The van der Waals surface area contributed by atoms with Crippen LogP contribution in [-0.4, -0.2) is 74.9 Å². The Morgan fingerprint density at radius 2 is 2.04 bits per heavy atom. The number of rotatable bonds is 5. The molecule has 4 rings (SSSR count). The molecule has 142 valence electrons. The van der Waals surface area contributed by atoms with Crippen molar-refractivity contribution < 1.29 is 28.0 Å². The Morgan fingerprint density at radius 1 is 1.31 bits per heavy atom. The average Bonchev–Trinajstić information content (AvgIpc) is 2.98. The van der Waals surface area contributed by atoms with Gasteiger partial charge in [0.05, 0.1) is 24.7 Å². The van der Waals surface area contributed by atoms with Crippen molar-refractivity contribution in [2.45, 2.75) is 18.4 Å². The minimum Gasteiger partial charge on any atom is -0.484 e. The van der Waals surface area contributed by atoms with Crippen molar-refractivity contribution in [1.82, 2.24) is 4.90 Å².